The fourth-order valence-electron chi connectivity index (χ4n) is 2.22. The zero-order valence-electron chi connectivity index (χ0n) is 9.98. The molecule has 98 valence electrons. The van der Waals surface area contributed by atoms with Gasteiger partial charge in [0.1, 0.15) is 11.4 Å². The first-order valence-corrected chi connectivity index (χ1v) is 5.60. The number of nitrogens with two attached hydrogens (primary N) is 1. The summed E-state index contributed by atoms with van der Waals surface area (Å²) in [4.78, 5) is 12.9. The summed E-state index contributed by atoms with van der Waals surface area (Å²) >= 11 is 0. The molecule has 0 saturated carbocycles. The van der Waals surface area contributed by atoms with Gasteiger partial charge in [-0.05, 0) is 25.5 Å². The molecule has 0 radical (unpaired) electrons. The molecule has 1 aromatic carbocycles. The van der Waals surface area contributed by atoms with Gasteiger partial charge in [-0.3, -0.25) is 0 Å². The number of carbonyl (C=O) groups is 1. The average Bonchev–Trinajstić information content (AvgIpc) is 2.62. The fraction of sp³-hybridized carbons (Fsp3) is 0.417. The van der Waals surface area contributed by atoms with E-state index in [2.05, 4.69) is 0 Å². The van der Waals surface area contributed by atoms with Crippen LogP contribution in [0.4, 0.5) is 15.8 Å². The molecule has 1 unspecified atom stereocenters. The molecule has 0 amide bonds. The Balaban J connectivity index is 2.46. The summed E-state index contributed by atoms with van der Waals surface area (Å²) in [6, 6.07) is 2.53. The Morgan fingerprint density at radius 3 is 2.72 bits per heavy atom. The number of nitrogen functional groups attached to an aromatic ring is 1. The van der Waals surface area contributed by atoms with Gasteiger partial charge in [-0.15, -0.1) is 0 Å². The number of aromatic carboxylic acids is 1. The van der Waals surface area contributed by atoms with Crippen molar-refractivity contribution in [2.24, 2.45) is 0 Å². The van der Waals surface area contributed by atoms with Crippen molar-refractivity contribution in [1.82, 2.24) is 0 Å². The molecule has 1 heterocycles. The number of rotatable bonds is 2. The second kappa shape index (κ2) is 4.13. The summed E-state index contributed by atoms with van der Waals surface area (Å²) in [5.41, 5.74) is 4.35. The lowest BCUT2D eigenvalue weighted by atomic mass is 10.1. The van der Waals surface area contributed by atoms with Crippen LogP contribution < -0.4 is 10.6 Å². The molecule has 0 bridgehead atoms. The average molecular weight is 254 g/mol. The largest absolute Gasteiger partial charge is 0.478 e. The number of hydrogen-bond donors (Lipinski definition) is 3. The molecule has 2 rings (SSSR count). The molecular weight excluding hydrogens is 239 g/mol. The zero-order chi connectivity index (χ0) is 13.5. The van der Waals surface area contributed by atoms with Gasteiger partial charge < -0.3 is 20.8 Å². The van der Waals surface area contributed by atoms with Gasteiger partial charge in [0.25, 0.3) is 0 Å². The molecule has 1 aromatic rings. The third kappa shape index (κ3) is 2.11. The van der Waals surface area contributed by atoms with Crippen LogP contribution in [0.15, 0.2) is 12.1 Å². The highest BCUT2D eigenvalue weighted by Gasteiger charge is 2.33. The minimum absolute atomic E-state index is 0.243. The van der Waals surface area contributed by atoms with Gasteiger partial charge in [-0.25, -0.2) is 9.18 Å². The van der Waals surface area contributed by atoms with Crippen LogP contribution in [-0.4, -0.2) is 34.9 Å². The molecule has 1 saturated heterocycles. The van der Waals surface area contributed by atoms with Crippen LogP contribution in [0.25, 0.3) is 0 Å². The molecule has 0 aliphatic carbocycles. The number of nitrogens with zero attached hydrogens (tertiary/aromatic N) is 1. The first-order chi connectivity index (χ1) is 8.32. The van der Waals surface area contributed by atoms with Crippen LogP contribution in [-0.2, 0) is 0 Å². The highest BCUT2D eigenvalue weighted by atomic mass is 19.1. The molecule has 5 nitrogen and oxygen atoms in total. The quantitative estimate of drug-likeness (QED) is 0.687. The van der Waals surface area contributed by atoms with Crippen molar-refractivity contribution in [3.8, 4) is 0 Å². The van der Waals surface area contributed by atoms with Gasteiger partial charge in [0.15, 0.2) is 0 Å². The number of carboxylic acids is 1. The maximum Gasteiger partial charge on any atom is 0.340 e. The second-order valence-electron chi connectivity index (χ2n) is 4.83. The SMILES string of the molecule is CC1(O)CCN(c2ccc(F)c(N)c2C(=O)O)C1. The van der Waals surface area contributed by atoms with Crippen molar-refractivity contribution >= 4 is 17.3 Å². The predicted molar refractivity (Wildman–Crippen MR) is 65.2 cm³/mol. The highest BCUT2D eigenvalue weighted by Crippen LogP contribution is 2.33. The number of halogens is 1. The summed E-state index contributed by atoms with van der Waals surface area (Å²) < 4.78 is 13.3. The first-order valence-electron chi connectivity index (χ1n) is 5.60. The lowest BCUT2D eigenvalue weighted by Gasteiger charge is -2.23. The van der Waals surface area contributed by atoms with Crippen molar-refractivity contribution in [3.05, 3.63) is 23.5 Å². The molecule has 1 fully saturated rings. The first kappa shape index (κ1) is 12.6. The van der Waals surface area contributed by atoms with E-state index in [1.807, 2.05) is 0 Å². The Labute approximate surface area is 104 Å². The molecule has 1 atom stereocenters. The summed E-state index contributed by atoms with van der Waals surface area (Å²) in [6.07, 6.45) is 0.531. The highest BCUT2D eigenvalue weighted by molar-refractivity contribution is 6.00. The Bertz CT molecular complexity index is 502. The zero-order valence-corrected chi connectivity index (χ0v) is 9.98. The van der Waals surface area contributed by atoms with Crippen LogP contribution in [0.2, 0.25) is 0 Å². The van der Waals surface area contributed by atoms with E-state index < -0.39 is 17.4 Å². The smallest absolute Gasteiger partial charge is 0.340 e. The standard InChI is InChI=1S/C12H15FN2O3/c1-12(18)4-5-15(6-12)8-3-2-7(13)10(14)9(8)11(16)17/h2-3,18H,4-6,14H2,1H3,(H,16,17). The predicted octanol–water partition coefficient (Wildman–Crippen LogP) is 1.07. The van der Waals surface area contributed by atoms with E-state index in [0.29, 0.717) is 25.2 Å². The van der Waals surface area contributed by atoms with Crippen LogP contribution in [0.3, 0.4) is 0 Å². The van der Waals surface area contributed by atoms with E-state index in [-0.39, 0.29) is 11.3 Å². The molecule has 18 heavy (non-hydrogen) atoms. The number of carboxylic acid groups (broad SMARTS) is 1. The molecule has 6 heteroatoms. The van der Waals surface area contributed by atoms with Crippen molar-refractivity contribution in [2.75, 3.05) is 23.7 Å². The van der Waals surface area contributed by atoms with Crippen LogP contribution in [0.5, 0.6) is 0 Å². The number of β-amino-alcohol motifs (C(OH)–C–C–N with tert-alkyl or cyclic N) is 1. The fourth-order valence-corrected chi connectivity index (χ4v) is 2.22. The number of aliphatic hydroxyl groups is 1. The third-order valence-electron chi connectivity index (χ3n) is 3.18. The Morgan fingerprint density at radius 1 is 1.56 bits per heavy atom. The monoisotopic (exact) mass is 254 g/mol. The number of benzene rings is 1. The van der Waals surface area contributed by atoms with Crippen molar-refractivity contribution in [3.63, 3.8) is 0 Å². The maximum atomic E-state index is 13.3. The number of anilines is 2. The van der Waals surface area contributed by atoms with E-state index in [1.54, 1.807) is 11.8 Å². The summed E-state index contributed by atoms with van der Waals surface area (Å²) in [5, 5.41) is 19.0. The van der Waals surface area contributed by atoms with E-state index in [9.17, 15) is 14.3 Å². The molecule has 1 aliphatic rings. The second-order valence-corrected chi connectivity index (χ2v) is 4.83. The van der Waals surface area contributed by atoms with E-state index in [4.69, 9.17) is 10.8 Å². The van der Waals surface area contributed by atoms with Gasteiger partial charge in [0, 0.05) is 13.1 Å². The maximum absolute atomic E-state index is 13.3. The minimum atomic E-state index is -1.27. The van der Waals surface area contributed by atoms with E-state index in [0.717, 1.165) is 6.07 Å². The third-order valence-corrected chi connectivity index (χ3v) is 3.18. The van der Waals surface area contributed by atoms with Crippen LogP contribution >= 0.6 is 0 Å². The normalized spacial score (nSPS) is 23.4. The topological polar surface area (TPSA) is 86.8 Å². The lowest BCUT2D eigenvalue weighted by Crippen LogP contribution is -2.30. The van der Waals surface area contributed by atoms with Gasteiger partial charge >= 0.3 is 5.97 Å². The van der Waals surface area contributed by atoms with Crippen molar-refractivity contribution in [2.45, 2.75) is 18.9 Å². The molecule has 1 aliphatic heterocycles. The summed E-state index contributed by atoms with van der Waals surface area (Å²) in [5.74, 6) is -2.02. The minimum Gasteiger partial charge on any atom is -0.478 e. The Morgan fingerprint density at radius 2 is 2.22 bits per heavy atom. The molecule has 4 N–H and O–H groups in total. The van der Waals surface area contributed by atoms with Crippen molar-refractivity contribution < 1.29 is 19.4 Å². The van der Waals surface area contributed by atoms with E-state index >= 15 is 0 Å². The van der Waals surface area contributed by atoms with Gasteiger partial charge in [0.2, 0.25) is 0 Å². The van der Waals surface area contributed by atoms with Crippen molar-refractivity contribution in [1.29, 1.82) is 0 Å². The Kier molecular flexibility index (Phi) is 2.90. The van der Waals surface area contributed by atoms with Gasteiger partial charge in [-0.2, -0.15) is 0 Å². The number of hydrogen-bond acceptors (Lipinski definition) is 4. The van der Waals surface area contributed by atoms with Crippen LogP contribution in [0.1, 0.15) is 23.7 Å². The molecular formula is C12H15FN2O3. The van der Waals surface area contributed by atoms with Gasteiger partial charge in [0.05, 0.1) is 17.0 Å². The summed E-state index contributed by atoms with van der Waals surface area (Å²) in [7, 11) is 0. The molecule has 0 spiro atoms. The molecule has 0 aromatic heterocycles. The lowest BCUT2D eigenvalue weighted by molar-refractivity contribution is 0.0696. The van der Waals surface area contributed by atoms with Gasteiger partial charge in [-0.1, -0.05) is 0 Å². The summed E-state index contributed by atoms with van der Waals surface area (Å²) in [6.45, 7) is 2.50. The Hall–Kier alpha value is -1.82. The van der Waals surface area contributed by atoms with E-state index in [1.165, 1.54) is 6.07 Å². The van der Waals surface area contributed by atoms with Crippen LogP contribution in [0, 0.1) is 5.82 Å².